The van der Waals surface area contributed by atoms with E-state index in [0.29, 0.717) is 0 Å². The van der Waals surface area contributed by atoms with Gasteiger partial charge in [0.05, 0.1) is 51.8 Å². The summed E-state index contributed by atoms with van der Waals surface area (Å²) in [5.41, 5.74) is 0. The van der Waals surface area contributed by atoms with Gasteiger partial charge in [0.25, 0.3) is 0 Å². The maximum absolute atomic E-state index is 12.7. The van der Waals surface area contributed by atoms with Gasteiger partial charge in [-0.25, -0.2) is 0 Å². The van der Waals surface area contributed by atoms with E-state index in [4.69, 9.17) is 47.4 Å². The molecule has 32 heteroatoms. The monoisotopic (exact) mass is 1060 g/mol. The third-order valence-corrected chi connectivity index (χ3v) is 12.8. The molecular formula is C40H70N2O30. The number of rotatable bonds is 21. The van der Waals surface area contributed by atoms with Crippen molar-refractivity contribution in [2.45, 2.75) is 199 Å². The van der Waals surface area contributed by atoms with Crippen LogP contribution >= 0.6 is 0 Å². The number of hydrogen-bond acceptors (Lipinski definition) is 30. The second kappa shape index (κ2) is 26.7. The predicted molar refractivity (Wildman–Crippen MR) is 223 cm³/mol. The average molecular weight is 1060 g/mol. The van der Waals surface area contributed by atoms with E-state index >= 15 is 0 Å². The first-order valence-electron chi connectivity index (χ1n) is 22.9. The Morgan fingerprint density at radius 1 is 0.514 bits per heavy atom. The fourth-order valence-corrected chi connectivity index (χ4v) is 8.66. The SMILES string of the molecule is CC(=O)N[C@H]1[C@H](O[C@@H]([C@H](O)[C@H](CO)NC(C)=O)[C@H](O)CO[C@@H]2O[C@@H](C)[C@@H](O)[C@@H](O)[C@@H]2O)O[C@H](CO)[C@@H](O[C@@H]2O[C@H](CO[C@H]3O[C@H](CO)[C@@H](O)[C@H](O)[C@@H]3O)[C@@H](O)[C@H](O[C@H]3O[C@H](CO)[C@@H](O)[C@H](O)[C@@H]3O)[C@@H]2O)[C@@H]1O. The van der Waals surface area contributed by atoms with Gasteiger partial charge in [0, 0.05) is 13.8 Å². The zero-order valence-corrected chi connectivity index (χ0v) is 38.9. The quantitative estimate of drug-likeness (QED) is 0.0507. The minimum atomic E-state index is -2.26. The molecule has 5 saturated heterocycles. The molecule has 0 radical (unpaired) electrons. The molecule has 5 fully saturated rings. The van der Waals surface area contributed by atoms with Crippen LogP contribution in [0.4, 0.5) is 0 Å². The summed E-state index contributed by atoms with van der Waals surface area (Å²) < 4.78 is 56.6. The van der Waals surface area contributed by atoms with Crippen molar-refractivity contribution in [3.05, 3.63) is 0 Å². The van der Waals surface area contributed by atoms with Gasteiger partial charge >= 0.3 is 0 Å². The summed E-state index contributed by atoms with van der Waals surface area (Å²) in [6.07, 6.45) is -51.1. The molecule has 0 aromatic heterocycles. The smallest absolute Gasteiger partial charge is 0.217 e. The first kappa shape index (κ1) is 60.7. The van der Waals surface area contributed by atoms with Gasteiger partial charge in [-0.15, -0.1) is 0 Å². The number of nitrogens with one attached hydrogen (secondary N) is 2. The molecule has 2 amide bonds. The van der Waals surface area contributed by atoms with Crippen LogP contribution in [0.5, 0.6) is 0 Å². The Labute approximate surface area is 409 Å². The lowest BCUT2D eigenvalue weighted by molar-refractivity contribution is -0.382. The molecule has 5 aliphatic heterocycles. The van der Waals surface area contributed by atoms with Gasteiger partial charge in [-0.3, -0.25) is 9.59 Å². The molecule has 0 saturated carbocycles. The molecule has 0 aromatic rings. The molecule has 5 heterocycles. The topological polar surface area (TPSA) is 515 Å². The van der Waals surface area contributed by atoms with Crippen LogP contribution in [-0.2, 0) is 57.0 Å². The van der Waals surface area contributed by atoms with Crippen molar-refractivity contribution in [3.8, 4) is 0 Å². The lowest BCUT2D eigenvalue weighted by atomic mass is 9.94. The molecule has 5 rings (SSSR count). The van der Waals surface area contributed by atoms with E-state index in [1.165, 1.54) is 6.92 Å². The van der Waals surface area contributed by atoms with E-state index < -0.39 is 229 Å². The summed E-state index contributed by atoms with van der Waals surface area (Å²) in [5.74, 6) is -1.67. The number of aliphatic hydroxyl groups excluding tert-OH is 18. The van der Waals surface area contributed by atoms with E-state index in [-0.39, 0.29) is 0 Å². The van der Waals surface area contributed by atoms with Crippen LogP contribution in [0.1, 0.15) is 20.8 Å². The zero-order chi connectivity index (χ0) is 53.6. The van der Waals surface area contributed by atoms with Crippen LogP contribution in [0.3, 0.4) is 0 Å². The molecule has 0 unspecified atom stereocenters. The Balaban J connectivity index is 1.43. The fraction of sp³-hybridized carbons (Fsp3) is 0.950. The molecule has 0 spiro atoms. The van der Waals surface area contributed by atoms with Gasteiger partial charge < -0.3 is 150 Å². The van der Waals surface area contributed by atoms with E-state index in [0.717, 1.165) is 13.8 Å². The summed E-state index contributed by atoms with van der Waals surface area (Å²) in [4.78, 5) is 24.7. The van der Waals surface area contributed by atoms with E-state index in [1.54, 1.807) is 0 Å². The van der Waals surface area contributed by atoms with Crippen molar-refractivity contribution in [2.24, 2.45) is 0 Å². The van der Waals surface area contributed by atoms with Crippen molar-refractivity contribution in [3.63, 3.8) is 0 Å². The van der Waals surface area contributed by atoms with Crippen molar-refractivity contribution in [2.75, 3.05) is 39.6 Å². The Bertz CT molecular complexity index is 1680. The molecule has 5 aliphatic rings. The van der Waals surface area contributed by atoms with Crippen LogP contribution in [0.15, 0.2) is 0 Å². The lowest BCUT2D eigenvalue weighted by Gasteiger charge is -2.49. The molecule has 0 aliphatic carbocycles. The first-order chi connectivity index (χ1) is 33.9. The molecule has 420 valence electrons. The number of aliphatic hydroxyl groups is 18. The highest BCUT2D eigenvalue weighted by Crippen LogP contribution is 2.35. The highest BCUT2D eigenvalue weighted by Gasteiger charge is 2.56. The highest BCUT2D eigenvalue weighted by molar-refractivity contribution is 5.73. The standard InChI is InChI=1S/C40H70N2O30/c1-10-20(50)26(56)29(59)37(65-10)63-8-14(49)33(21(51)13(4-43)41-11(2)47)70-36-19(42-12(3)48)25(55)34(17(7-46)68-36)71-40-32(62)35(72-39-31(61)28(58)23(53)16(6-45)67-39)24(54)18(69-40)9-64-38-30(60)27(57)22(52)15(5-44)66-38/h10,13-40,43-46,49-62H,4-9H2,1-3H3,(H,41,47)(H,42,48)/t10-,13-,14+,15+,16+,17+,18+,19+,20+,21+,22+,23+,24+,25+,26+,27-,28-,29-,30-,31-,32-,33+,34+,35-,36-,37+,38-,39+,40-/m0/s1. The Morgan fingerprint density at radius 3 is 1.54 bits per heavy atom. The second-order valence-electron chi connectivity index (χ2n) is 18.1. The Morgan fingerprint density at radius 2 is 1.00 bits per heavy atom. The van der Waals surface area contributed by atoms with Gasteiger partial charge in [-0.2, -0.15) is 0 Å². The van der Waals surface area contributed by atoms with Crippen LogP contribution in [0.2, 0.25) is 0 Å². The molecule has 20 N–H and O–H groups in total. The van der Waals surface area contributed by atoms with Gasteiger partial charge in [0.1, 0.15) is 134 Å². The summed E-state index contributed by atoms with van der Waals surface area (Å²) in [6, 6.07) is -3.46. The number of ether oxygens (including phenoxy) is 10. The van der Waals surface area contributed by atoms with Crippen molar-refractivity contribution < 1.29 is 149 Å². The van der Waals surface area contributed by atoms with Gasteiger partial charge in [-0.05, 0) is 6.92 Å². The summed E-state index contributed by atoms with van der Waals surface area (Å²) in [5, 5.41) is 196. The maximum Gasteiger partial charge on any atom is 0.217 e. The normalized spacial score (nSPS) is 45.7. The Hall–Kier alpha value is -2.18. The van der Waals surface area contributed by atoms with E-state index in [1.807, 2.05) is 0 Å². The van der Waals surface area contributed by atoms with Gasteiger partial charge in [0.15, 0.2) is 31.5 Å². The van der Waals surface area contributed by atoms with Crippen LogP contribution < -0.4 is 10.6 Å². The van der Waals surface area contributed by atoms with E-state index in [2.05, 4.69) is 10.6 Å². The average Bonchev–Trinajstić information content (AvgIpc) is 3.34. The van der Waals surface area contributed by atoms with Gasteiger partial charge in [-0.1, -0.05) is 0 Å². The lowest BCUT2D eigenvalue weighted by Crippen LogP contribution is -2.69. The van der Waals surface area contributed by atoms with Crippen molar-refractivity contribution in [1.82, 2.24) is 10.6 Å². The first-order valence-corrected chi connectivity index (χ1v) is 22.9. The maximum atomic E-state index is 12.7. The van der Waals surface area contributed by atoms with Crippen LogP contribution in [0, 0.1) is 0 Å². The number of amides is 2. The molecule has 0 aromatic carbocycles. The molecule has 72 heavy (non-hydrogen) atoms. The van der Waals surface area contributed by atoms with Crippen LogP contribution in [-0.4, -0.2) is 321 Å². The fourth-order valence-electron chi connectivity index (χ4n) is 8.66. The number of carbonyl (C=O) groups excluding carboxylic acids is 2. The number of hydrogen-bond donors (Lipinski definition) is 20. The summed E-state index contributed by atoms with van der Waals surface area (Å²) in [6.45, 7) is -2.35. The molecule has 0 bridgehead atoms. The highest BCUT2D eigenvalue weighted by atomic mass is 16.8. The van der Waals surface area contributed by atoms with Crippen molar-refractivity contribution >= 4 is 11.8 Å². The largest absolute Gasteiger partial charge is 0.394 e. The molecular weight excluding hydrogens is 988 g/mol. The minimum absolute atomic E-state index is 0.776. The third-order valence-electron chi connectivity index (χ3n) is 12.8. The second-order valence-corrected chi connectivity index (χ2v) is 18.1. The van der Waals surface area contributed by atoms with E-state index in [9.17, 15) is 102 Å². The Kier molecular flexibility index (Phi) is 22.5. The zero-order valence-electron chi connectivity index (χ0n) is 38.9. The summed E-state index contributed by atoms with van der Waals surface area (Å²) >= 11 is 0. The molecule has 29 atom stereocenters. The number of carbonyl (C=O) groups is 2. The minimum Gasteiger partial charge on any atom is -0.394 e. The predicted octanol–water partition coefficient (Wildman–Crippen LogP) is -13.1. The summed E-state index contributed by atoms with van der Waals surface area (Å²) in [7, 11) is 0. The van der Waals surface area contributed by atoms with Gasteiger partial charge in [0.2, 0.25) is 11.8 Å². The van der Waals surface area contributed by atoms with Crippen molar-refractivity contribution in [1.29, 1.82) is 0 Å². The van der Waals surface area contributed by atoms with Crippen LogP contribution in [0.25, 0.3) is 0 Å². The third kappa shape index (κ3) is 13.9. The molecule has 32 nitrogen and oxygen atoms in total.